The average Bonchev–Trinajstić information content (AvgIpc) is 2.38. The summed E-state index contributed by atoms with van der Waals surface area (Å²) in [7, 11) is 1.74. The SMILES string of the molecule is COCCCCN(CCC(N)=S)c1ccccc1. The number of para-hydroxylation sites is 1. The summed E-state index contributed by atoms with van der Waals surface area (Å²) in [4.78, 5) is 2.90. The van der Waals surface area contributed by atoms with Crippen molar-refractivity contribution < 1.29 is 4.74 Å². The van der Waals surface area contributed by atoms with Crippen LogP contribution in [0.15, 0.2) is 30.3 Å². The second-order valence-electron chi connectivity index (χ2n) is 4.24. The van der Waals surface area contributed by atoms with Gasteiger partial charge in [0.25, 0.3) is 0 Å². The molecule has 0 saturated carbocycles. The molecule has 0 bridgehead atoms. The Balaban J connectivity index is 2.49. The van der Waals surface area contributed by atoms with Crippen molar-refractivity contribution in [2.24, 2.45) is 5.73 Å². The van der Waals surface area contributed by atoms with Crippen LogP contribution in [0, 0.1) is 0 Å². The van der Waals surface area contributed by atoms with E-state index in [0.717, 1.165) is 39.0 Å². The normalized spacial score (nSPS) is 10.3. The Hall–Kier alpha value is -1.13. The van der Waals surface area contributed by atoms with Crippen LogP contribution in [0.1, 0.15) is 19.3 Å². The second kappa shape index (κ2) is 8.89. The van der Waals surface area contributed by atoms with Gasteiger partial charge in [-0.05, 0) is 25.0 Å². The summed E-state index contributed by atoms with van der Waals surface area (Å²) in [6.07, 6.45) is 2.95. The number of nitrogens with zero attached hydrogens (tertiary/aromatic N) is 1. The maximum Gasteiger partial charge on any atom is 0.0745 e. The highest BCUT2D eigenvalue weighted by Gasteiger charge is 2.06. The Labute approximate surface area is 115 Å². The molecule has 0 heterocycles. The minimum absolute atomic E-state index is 0.577. The van der Waals surface area contributed by atoms with Crippen LogP contribution in [-0.4, -0.2) is 31.8 Å². The van der Waals surface area contributed by atoms with Crippen molar-refractivity contribution in [2.75, 3.05) is 31.7 Å². The topological polar surface area (TPSA) is 38.5 Å². The van der Waals surface area contributed by atoms with Gasteiger partial charge in [-0.25, -0.2) is 0 Å². The molecule has 0 atom stereocenters. The van der Waals surface area contributed by atoms with Gasteiger partial charge in [0.15, 0.2) is 0 Å². The van der Waals surface area contributed by atoms with Crippen molar-refractivity contribution in [3.8, 4) is 0 Å². The lowest BCUT2D eigenvalue weighted by Crippen LogP contribution is -2.28. The van der Waals surface area contributed by atoms with Crippen LogP contribution in [0.2, 0.25) is 0 Å². The van der Waals surface area contributed by atoms with Crippen molar-refractivity contribution >= 4 is 22.9 Å². The summed E-state index contributed by atoms with van der Waals surface area (Å²) >= 11 is 4.95. The van der Waals surface area contributed by atoms with Crippen LogP contribution in [0.3, 0.4) is 0 Å². The van der Waals surface area contributed by atoms with Gasteiger partial charge in [-0.3, -0.25) is 0 Å². The Morgan fingerprint density at radius 2 is 1.94 bits per heavy atom. The van der Waals surface area contributed by atoms with E-state index in [9.17, 15) is 0 Å². The first-order valence-corrected chi connectivity index (χ1v) is 6.72. The van der Waals surface area contributed by atoms with Gasteiger partial charge in [-0.1, -0.05) is 30.4 Å². The molecular formula is C14H22N2OS. The number of hydrogen-bond donors (Lipinski definition) is 1. The van der Waals surface area contributed by atoms with Crippen LogP contribution in [0.25, 0.3) is 0 Å². The molecular weight excluding hydrogens is 244 g/mol. The van der Waals surface area contributed by atoms with Crippen molar-refractivity contribution in [3.63, 3.8) is 0 Å². The third kappa shape index (κ3) is 5.98. The lowest BCUT2D eigenvalue weighted by atomic mass is 10.2. The molecule has 4 heteroatoms. The highest BCUT2D eigenvalue weighted by Crippen LogP contribution is 2.14. The van der Waals surface area contributed by atoms with Gasteiger partial charge in [0, 0.05) is 38.9 Å². The average molecular weight is 266 g/mol. The van der Waals surface area contributed by atoms with Crippen LogP contribution in [-0.2, 0) is 4.74 Å². The molecule has 0 aliphatic carbocycles. The zero-order valence-corrected chi connectivity index (χ0v) is 11.8. The molecule has 3 nitrogen and oxygen atoms in total. The predicted molar refractivity (Wildman–Crippen MR) is 81.2 cm³/mol. The maximum absolute atomic E-state index is 5.58. The van der Waals surface area contributed by atoms with Crippen molar-refractivity contribution in [1.82, 2.24) is 0 Å². The van der Waals surface area contributed by atoms with E-state index in [1.807, 2.05) is 6.07 Å². The van der Waals surface area contributed by atoms with Crippen LogP contribution < -0.4 is 10.6 Å². The molecule has 1 rings (SSSR count). The first-order valence-electron chi connectivity index (χ1n) is 6.31. The minimum atomic E-state index is 0.577. The van der Waals surface area contributed by atoms with Crippen molar-refractivity contribution in [3.05, 3.63) is 30.3 Å². The Morgan fingerprint density at radius 3 is 2.56 bits per heavy atom. The van der Waals surface area contributed by atoms with Crippen molar-refractivity contribution in [1.29, 1.82) is 0 Å². The van der Waals surface area contributed by atoms with Crippen LogP contribution in [0.4, 0.5) is 5.69 Å². The third-order valence-corrected chi connectivity index (χ3v) is 2.98. The third-order valence-electron chi connectivity index (χ3n) is 2.78. The van der Waals surface area contributed by atoms with Crippen LogP contribution >= 0.6 is 12.2 Å². The second-order valence-corrected chi connectivity index (χ2v) is 4.76. The number of benzene rings is 1. The summed E-state index contributed by atoms with van der Waals surface area (Å²) in [5.74, 6) is 0. The number of unbranched alkanes of at least 4 members (excludes halogenated alkanes) is 1. The minimum Gasteiger partial charge on any atom is -0.393 e. The van der Waals surface area contributed by atoms with Crippen LogP contribution in [0.5, 0.6) is 0 Å². The van der Waals surface area contributed by atoms with E-state index in [1.165, 1.54) is 5.69 Å². The molecule has 0 aliphatic heterocycles. The van der Waals surface area contributed by atoms with Gasteiger partial charge in [0.1, 0.15) is 0 Å². The zero-order chi connectivity index (χ0) is 13.2. The molecule has 2 N–H and O–H groups in total. The lowest BCUT2D eigenvalue weighted by Gasteiger charge is -2.24. The standard InChI is InChI=1S/C14H22N2OS/c1-17-12-6-5-10-16(11-9-14(15)18)13-7-3-2-4-8-13/h2-4,7-8H,5-6,9-12H2,1H3,(H2,15,18). The molecule has 0 fully saturated rings. The molecule has 0 amide bonds. The summed E-state index contributed by atoms with van der Waals surface area (Å²) in [6, 6.07) is 10.4. The Kier molecular flexibility index (Phi) is 7.37. The number of anilines is 1. The van der Waals surface area contributed by atoms with Gasteiger partial charge >= 0.3 is 0 Å². The molecule has 0 aliphatic rings. The number of ether oxygens (including phenoxy) is 1. The van der Waals surface area contributed by atoms with E-state index in [4.69, 9.17) is 22.7 Å². The number of methoxy groups -OCH3 is 1. The van der Waals surface area contributed by atoms with Gasteiger partial charge in [0.05, 0.1) is 4.99 Å². The summed E-state index contributed by atoms with van der Waals surface area (Å²) in [6.45, 7) is 2.71. The molecule has 0 unspecified atom stereocenters. The fourth-order valence-electron chi connectivity index (χ4n) is 1.80. The predicted octanol–water partition coefficient (Wildman–Crippen LogP) is 2.60. The number of thiocarbonyl (C=S) groups is 1. The first-order chi connectivity index (χ1) is 8.74. The molecule has 18 heavy (non-hydrogen) atoms. The van der Waals surface area contributed by atoms with Gasteiger partial charge in [0.2, 0.25) is 0 Å². The Morgan fingerprint density at radius 1 is 1.22 bits per heavy atom. The summed E-state index contributed by atoms with van der Waals surface area (Å²) in [5, 5.41) is 0. The molecule has 0 spiro atoms. The van der Waals surface area contributed by atoms with E-state index < -0.39 is 0 Å². The molecule has 0 radical (unpaired) electrons. The monoisotopic (exact) mass is 266 g/mol. The van der Waals surface area contributed by atoms with Crippen molar-refractivity contribution in [2.45, 2.75) is 19.3 Å². The highest BCUT2D eigenvalue weighted by molar-refractivity contribution is 7.80. The Bertz CT molecular complexity index is 343. The fourth-order valence-corrected chi connectivity index (χ4v) is 1.89. The van der Waals surface area contributed by atoms with E-state index in [-0.39, 0.29) is 0 Å². The van der Waals surface area contributed by atoms with Gasteiger partial charge in [-0.15, -0.1) is 0 Å². The zero-order valence-electron chi connectivity index (χ0n) is 11.0. The van der Waals surface area contributed by atoms with E-state index >= 15 is 0 Å². The molecule has 0 aromatic heterocycles. The molecule has 1 aromatic rings. The van der Waals surface area contributed by atoms with E-state index in [1.54, 1.807) is 7.11 Å². The smallest absolute Gasteiger partial charge is 0.0745 e. The summed E-state index contributed by atoms with van der Waals surface area (Å²) < 4.78 is 5.07. The quantitative estimate of drug-likeness (QED) is 0.551. The molecule has 100 valence electrons. The fraction of sp³-hybridized carbons (Fsp3) is 0.500. The number of hydrogen-bond acceptors (Lipinski definition) is 3. The number of nitrogens with two attached hydrogens (primary N) is 1. The van der Waals surface area contributed by atoms with Gasteiger partial charge in [-0.2, -0.15) is 0 Å². The largest absolute Gasteiger partial charge is 0.393 e. The number of rotatable bonds is 9. The van der Waals surface area contributed by atoms with E-state index in [2.05, 4.69) is 29.2 Å². The molecule has 1 aromatic carbocycles. The lowest BCUT2D eigenvalue weighted by molar-refractivity contribution is 0.193. The first kappa shape index (κ1) is 14.9. The van der Waals surface area contributed by atoms with Gasteiger partial charge < -0.3 is 15.4 Å². The van der Waals surface area contributed by atoms with E-state index in [0.29, 0.717) is 4.99 Å². The maximum atomic E-state index is 5.58. The summed E-state index contributed by atoms with van der Waals surface area (Å²) in [5.41, 5.74) is 6.81. The highest BCUT2D eigenvalue weighted by atomic mass is 32.1. The molecule has 0 saturated heterocycles.